The van der Waals surface area contributed by atoms with Crippen molar-refractivity contribution >= 4 is 17.7 Å². The molecule has 3 rings (SSSR count). The molecule has 37 heavy (non-hydrogen) atoms. The number of rotatable bonds is 10. The highest BCUT2D eigenvalue weighted by Crippen LogP contribution is 2.45. The monoisotopic (exact) mass is 517 g/mol. The van der Waals surface area contributed by atoms with Gasteiger partial charge in [-0.05, 0) is 69.6 Å². The van der Waals surface area contributed by atoms with E-state index in [0.29, 0.717) is 30.2 Å². The first-order valence-electron chi connectivity index (χ1n) is 13.3. The molecule has 2 atom stereocenters. The van der Waals surface area contributed by atoms with Gasteiger partial charge in [0.2, 0.25) is 23.5 Å². The van der Waals surface area contributed by atoms with Gasteiger partial charge in [-0.3, -0.25) is 14.4 Å². The van der Waals surface area contributed by atoms with Crippen LogP contribution >= 0.6 is 0 Å². The van der Waals surface area contributed by atoms with Crippen LogP contribution in [0, 0.1) is 5.92 Å². The maximum atomic E-state index is 14.4. The fourth-order valence-corrected chi connectivity index (χ4v) is 5.91. The van der Waals surface area contributed by atoms with E-state index in [4.69, 9.17) is 19.9 Å². The number of methoxy groups -OCH3 is 3. The Labute approximate surface area is 220 Å². The van der Waals surface area contributed by atoms with Crippen LogP contribution in [0.3, 0.4) is 0 Å². The third-order valence-corrected chi connectivity index (χ3v) is 7.60. The number of carbonyl (C=O) groups is 3. The van der Waals surface area contributed by atoms with Gasteiger partial charge < -0.3 is 30.2 Å². The topological polar surface area (TPSA) is 120 Å². The second-order valence-electron chi connectivity index (χ2n) is 10.9. The van der Waals surface area contributed by atoms with Crippen molar-refractivity contribution in [1.29, 1.82) is 0 Å². The second-order valence-corrected chi connectivity index (χ2v) is 10.9. The zero-order valence-electron chi connectivity index (χ0n) is 22.9. The maximum absolute atomic E-state index is 14.4. The van der Waals surface area contributed by atoms with E-state index in [1.165, 1.54) is 0 Å². The normalized spacial score (nSPS) is 19.6. The Balaban J connectivity index is 1.98. The fraction of sp³-hybridized carbons (Fsp3) is 0.679. The lowest BCUT2D eigenvalue weighted by Crippen LogP contribution is -2.57. The summed E-state index contributed by atoms with van der Waals surface area (Å²) in [5.41, 5.74) is 5.39. The van der Waals surface area contributed by atoms with Crippen molar-refractivity contribution in [3.8, 4) is 17.2 Å². The minimum atomic E-state index is -0.797. The first-order chi connectivity index (χ1) is 17.6. The fourth-order valence-electron chi connectivity index (χ4n) is 5.91. The number of carbonyl (C=O) groups excluding carboxylic acids is 3. The number of ether oxygens (including phenoxy) is 3. The molecule has 9 nitrogen and oxygen atoms in total. The van der Waals surface area contributed by atoms with Crippen molar-refractivity contribution in [3.05, 3.63) is 17.7 Å². The second kappa shape index (κ2) is 12.5. The van der Waals surface area contributed by atoms with Gasteiger partial charge in [-0.1, -0.05) is 19.3 Å². The number of nitrogens with two attached hydrogens (primary N) is 1. The Bertz CT molecular complexity index is 948. The molecule has 1 saturated carbocycles. The number of nitrogens with zero attached hydrogens (tertiary/aromatic N) is 1. The Hall–Kier alpha value is -2.97. The summed E-state index contributed by atoms with van der Waals surface area (Å²) in [6.07, 6.45) is 7.51. The summed E-state index contributed by atoms with van der Waals surface area (Å²) in [6, 6.07) is 3.14. The zero-order chi connectivity index (χ0) is 27.2. The molecule has 206 valence electrons. The van der Waals surface area contributed by atoms with E-state index in [0.717, 1.165) is 50.5 Å². The molecule has 1 saturated heterocycles. The highest BCUT2D eigenvalue weighted by Gasteiger charge is 2.41. The van der Waals surface area contributed by atoms with Crippen molar-refractivity contribution in [1.82, 2.24) is 10.2 Å². The van der Waals surface area contributed by atoms with Crippen LogP contribution in [-0.4, -0.2) is 62.1 Å². The van der Waals surface area contributed by atoms with Crippen molar-refractivity contribution in [2.24, 2.45) is 11.7 Å². The molecule has 0 bridgehead atoms. The number of hydrogen-bond donors (Lipinski definition) is 2. The predicted octanol–water partition coefficient (Wildman–Crippen LogP) is 3.53. The molecule has 3 amide bonds. The van der Waals surface area contributed by atoms with Crippen molar-refractivity contribution in [2.45, 2.75) is 89.1 Å². The molecule has 0 aromatic heterocycles. The van der Waals surface area contributed by atoms with Crippen LogP contribution in [0.25, 0.3) is 0 Å². The molecule has 1 aromatic carbocycles. The Kier molecular flexibility index (Phi) is 9.68. The van der Waals surface area contributed by atoms with E-state index in [-0.39, 0.29) is 24.2 Å². The number of benzene rings is 1. The SMILES string of the molecule is COc1cc(C(C(=O)N2CCCC[C@H]2C(=O)NC(C)(C)CC(N)=O)C2CCCCC2)cc(OC)c1OC. The summed E-state index contributed by atoms with van der Waals surface area (Å²) in [7, 11) is 4.69. The highest BCUT2D eigenvalue weighted by molar-refractivity contribution is 5.92. The molecule has 9 heteroatoms. The number of nitrogens with one attached hydrogen (secondary N) is 1. The van der Waals surface area contributed by atoms with Crippen LogP contribution in [0.4, 0.5) is 0 Å². The highest BCUT2D eigenvalue weighted by atomic mass is 16.5. The van der Waals surface area contributed by atoms with E-state index in [1.54, 1.807) is 40.1 Å². The minimum absolute atomic E-state index is 0.0234. The quantitative estimate of drug-likeness (QED) is 0.490. The molecule has 1 aliphatic heterocycles. The lowest BCUT2D eigenvalue weighted by atomic mass is 9.75. The number of piperidine rings is 1. The molecule has 3 N–H and O–H groups in total. The molecular formula is C28H43N3O6. The molecule has 0 radical (unpaired) electrons. The van der Waals surface area contributed by atoms with E-state index >= 15 is 0 Å². The van der Waals surface area contributed by atoms with Gasteiger partial charge in [0, 0.05) is 18.5 Å². The largest absolute Gasteiger partial charge is 0.493 e. The first-order valence-corrected chi connectivity index (χ1v) is 13.3. The van der Waals surface area contributed by atoms with E-state index in [9.17, 15) is 14.4 Å². The van der Waals surface area contributed by atoms with Crippen LogP contribution in [-0.2, 0) is 14.4 Å². The summed E-state index contributed by atoms with van der Waals surface area (Å²) < 4.78 is 16.7. The molecular weight excluding hydrogens is 474 g/mol. The third kappa shape index (κ3) is 6.87. The average molecular weight is 518 g/mol. The van der Waals surface area contributed by atoms with Gasteiger partial charge in [-0.15, -0.1) is 0 Å². The van der Waals surface area contributed by atoms with Crippen molar-refractivity contribution in [3.63, 3.8) is 0 Å². The summed E-state index contributed by atoms with van der Waals surface area (Å²) in [5, 5.41) is 2.96. The predicted molar refractivity (Wildman–Crippen MR) is 141 cm³/mol. The molecule has 1 aromatic rings. The smallest absolute Gasteiger partial charge is 0.243 e. The first kappa shape index (κ1) is 28.6. The van der Waals surface area contributed by atoms with Crippen molar-refractivity contribution in [2.75, 3.05) is 27.9 Å². The number of hydrogen-bond acceptors (Lipinski definition) is 6. The zero-order valence-corrected chi connectivity index (χ0v) is 22.9. The Morgan fingerprint density at radius 1 is 0.973 bits per heavy atom. The summed E-state index contributed by atoms with van der Waals surface area (Å²) in [5.74, 6) is 0.442. The van der Waals surface area contributed by atoms with Crippen LogP contribution in [0.5, 0.6) is 17.2 Å². The van der Waals surface area contributed by atoms with Crippen molar-refractivity contribution < 1.29 is 28.6 Å². The summed E-state index contributed by atoms with van der Waals surface area (Å²) >= 11 is 0. The Morgan fingerprint density at radius 3 is 2.11 bits per heavy atom. The van der Waals surface area contributed by atoms with Crippen LogP contribution in [0.1, 0.15) is 83.1 Å². The van der Waals surface area contributed by atoms with Gasteiger partial charge in [-0.2, -0.15) is 0 Å². The van der Waals surface area contributed by atoms with Crippen LogP contribution in [0.2, 0.25) is 0 Å². The third-order valence-electron chi connectivity index (χ3n) is 7.60. The number of amides is 3. The molecule has 1 aliphatic carbocycles. The standard InChI is InChI=1S/C28H43N3O6/c1-28(2,17-23(29)32)30-26(33)20-13-9-10-14-31(20)27(34)24(18-11-7-6-8-12-18)19-15-21(35-3)25(37-5)22(16-19)36-4/h15-16,18,20,24H,6-14,17H2,1-5H3,(H2,29,32)(H,30,33)/t20-,24?/m0/s1. The lowest BCUT2D eigenvalue weighted by molar-refractivity contribution is -0.145. The van der Waals surface area contributed by atoms with Gasteiger partial charge in [0.15, 0.2) is 11.5 Å². The van der Waals surface area contributed by atoms with Gasteiger partial charge in [0.25, 0.3) is 0 Å². The van der Waals surface area contributed by atoms with E-state index in [2.05, 4.69) is 5.32 Å². The molecule has 2 fully saturated rings. The molecule has 0 spiro atoms. The lowest BCUT2D eigenvalue weighted by Gasteiger charge is -2.41. The summed E-state index contributed by atoms with van der Waals surface area (Å²) in [6.45, 7) is 4.05. The number of likely N-dealkylation sites (tertiary alicyclic amines) is 1. The van der Waals surface area contributed by atoms with Gasteiger partial charge in [0.05, 0.1) is 27.2 Å². The van der Waals surface area contributed by atoms with Gasteiger partial charge >= 0.3 is 0 Å². The van der Waals surface area contributed by atoms with Crippen LogP contribution in [0.15, 0.2) is 12.1 Å². The van der Waals surface area contributed by atoms with Gasteiger partial charge in [-0.25, -0.2) is 0 Å². The molecule has 1 unspecified atom stereocenters. The summed E-state index contributed by atoms with van der Waals surface area (Å²) in [4.78, 5) is 41.0. The van der Waals surface area contributed by atoms with Crippen LogP contribution < -0.4 is 25.3 Å². The molecule has 2 aliphatic rings. The van der Waals surface area contributed by atoms with E-state index in [1.807, 2.05) is 12.1 Å². The Morgan fingerprint density at radius 2 is 1.57 bits per heavy atom. The maximum Gasteiger partial charge on any atom is 0.243 e. The number of primary amides is 1. The van der Waals surface area contributed by atoms with E-state index < -0.39 is 23.4 Å². The van der Waals surface area contributed by atoms with Gasteiger partial charge in [0.1, 0.15) is 6.04 Å². The molecule has 1 heterocycles. The average Bonchev–Trinajstić information content (AvgIpc) is 2.87. The minimum Gasteiger partial charge on any atom is -0.493 e.